The first-order valence-electron chi connectivity index (χ1n) is 10.4. The van der Waals surface area contributed by atoms with Gasteiger partial charge in [-0.25, -0.2) is 5.48 Å². The Morgan fingerprint density at radius 3 is 2.67 bits per heavy atom. The van der Waals surface area contributed by atoms with Crippen LogP contribution in [0.15, 0.2) is 60.7 Å². The lowest BCUT2D eigenvalue weighted by Gasteiger charge is -2.33. The molecule has 0 saturated carbocycles. The lowest BCUT2D eigenvalue weighted by molar-refractivity contribution is -0.137. The second-order valence-corrected chi connectivity index (χ2v) is 8.54. The van der Waals surface area contributed by atoms with Crippen LogP contribution in [0.1, 0.15) is 39.9 Å². The van der Waals surface area contributed by atoms with Crippen molar-refractivity contribution in [3.05, 3.63) is 82.9 Å². The molecule has 1 fully saturated rings. The Hall–Kier alpha value is -3.18. The maximum atomic E-state index is 13.4. The van der Waals surface area contributed by atoms with Crippen molar-refractivity contribution in [1.82, 2.24) is 10.4 Å². The van der Waals surface area contributed by atoms with Gasteiger partial charge in [0.2, 0.25) is 5.91 Å². The van der Waals surface area contributed by atoms with Crippen molar-refractivity contribution in [2.75, 3.05) is 6.54 Å². The number of hydrogen-bond acceptors (Lipinski definition) is 3. The number of benzene rings is 3. The van der Waals surface area contributed by atoms with E-state index in [0.717, 1.165) is 48.9 Å². The Kier molecular flexibility index (Phi) is 4.55. The second kappa shape index (κ2) is 7.26. The summed E-state index contributed by atoms with van der Waals surface area (Å²) in [6.07, 6.45) is 3.17. The van der Waals surface area contributed by atoms with Gasteiger partial charge in [-0.05, 0) is 71.3 Å². The van der Waals surface area contributed by atoms with Gasteiger partial charge in [-0.1, -0.05) is 42.5 Å². The van der Waals surface area contributed by atoms with Crippen LogP contribution in [0, 0.1) is 5.41 Å². The molecule has 0 radical (unpaired) electrons. The van der Waals surface area contributed by atoms with E-state index in [4.69, 9.17) is 5.21 Å². The van der Waals surface area contributed by atoms with Gasteiger partial charge < -0.3 is 4.90 Å². The highest BCUT2D eigenvalue weighted by Crippen LogP contribution is 2.44. The molecule has 1 aliphatic carbocycles. The molecule has 1 unspecified atom stereocenters. The molecule has 3 aromatic rings. The molecular weight excluding hydrogens is 376 g/mol. The number of amides is 2. The van der Waals surface area contributed by atoms with Crippen molar-refractivity contribution in [3.8, 4) is 0 Å². The Balaban J connectivity index is 1.34. The van der Waals surface area contributed by atoms with Crippen LogP contribution in [-0.4, -0.2) is 28.5 Å². The van der Waals surface area contributed by atoms with E-state index in [1.165, 1.54) is 10.8 Å². The third-order valence-electron chi connectivity index (χ3n) is 6.76. The summed E-state index contributed by atoms with van der Waals surface area (Å²) >= 11 is 0. The monoisotopic (exact) mass is 400 g/mol. The van der Waals surface area contributed by atoms with Crippen molar-refractivity contribution in [2.45, 2.75) is 32.2 Å². The van der Waals surface area contributed by atoms with Gasteiger partial charge in [-0.2, -0.15) is 0 Å². The summed E-state index contributed by atoms with van der Waals surface area (Å²) in [6, 6.07) is 20.2. The molecule has 2 aliphatic rings. The number of carbonyl (C=O) groups excluding carboxylic acids is 2. The summed E-state index contributed by atoms with van der Waals surface area (Å²) in [4.78, 5) is 27.1. The number of hydrogen-bond donors (Lipinski definition) is 2. The zero-order valence-corrected chi connectivity index (χ0v) is 16.7. The van der Waals surface area contributed by atoms with Gasteiger partial charge in [0, 0.05) is 18.7 Å². The lowest BCUT2D eigenvalue weighted by Crippen LogP contribution is -2.38. The van der Waals surface area contributed by atoms with E-state index in [9.17, 15) is 9.59 Å². The maximum absolute atomic E-state index is 13.4. The highest BCUT2D eigenvalue weighted by atomic mass is 16.5. The van der Waals surface area contributed by atoms with Crippen molar-refractivity contribution in [3.63, 3.8) is 0 Å². The van der Waals surface area contributed by atoms with Crippen LogP contribution < -0.4 is 5.48 Å². The van der Waals surface area contributed by atoms with E-state index in [1.807, 2.05) is 29.2 Å². The number of rotatable bonds is 3. The molecule has 5 nitrogen and oxygen atoms in total. The minimum Gasteiger partial charge on any atom is -0.338 e. The number of aryl methyl sites for hydroxylation is 1. The summed E-state index contributed by atoms with van der Waals surface area (Å²) in [7, 11) is 0. The van der Waals surface area contributed by atoms with Gasteiger partial charge in [0.25, 0.3) is 5.91 Å². The van der Waals surface area contributed by atoms with E-state index in [0.29, 0.717) is 12.1 Å². The molecule has 5 rings (SSSR count). The van der Waals surface area contributed by atoms with E-state index in [1.54, 1.807) is 11.5 Å². The smallest absolute Gasteiger partial charge is 0.274 e. The van der Waals surface area contributed by atoms with E-state index in [2.05, 4.69) is 30.3 Å². The average molecular weight is 400 g/mol. The Morgan fingerprint density at radius 2 is 1.83 bits per heavy atom. The van der Waals surface area contributed by atoms with Gasteiger partial charge >= 0.3 is 0 Å². The standard InChI is InChI=1S/C25H24N2O3/c28-23(26-30)21-7-8-22-15-25(10-9-20(22)14-21)11-12-27(24(25)29)16-17-5-6-18-3-1-2-4-19(18)13-17/h1-8,13-14,30H,9-12,15-16H2,(H,26,28). The normalized spacial score (nSPS) is 20.6. The summed E-state index contributed by atoms with van der Waals surface area (Å²) in [6.45, 7) is 1.43. The van der Waals surface area contributed by atoms with Crippen molar-refractivity contribution < 1.29 is 14.8 Å². The highest BCUT2D eigenvalue weighted by molar-refractivity contribution is 5.93. The molecule has 152 valence electrons. The fourth-order valence-electron chi connectivity index (χ4n) is 5.06. The first-order valence-corrected chi connectivity index (χ1v) is 10.4. The zero-order chi connectivity index (χ0) is 20.7. The van der Waals surface area contributed by atoms with E-state index < -0.39 is 5.91 Å². The number of nitrogens with one attached hydrogen (secondary N) is 1. The van der Waals surface area contributed by atoms with Crippen molar-refractivity contribution >= 4 is 22.6 Å². The van der Waals surface area contributed by atoms with Crippen LogP contribution in [0.4, 0.5) is 0 Å². The topological polar surface area (TPSA) is 69.6 Å². The fraction of sp³-hybridized carbons (Fsp3) is 0.280. The van der Waals surface area contributed by atoms with Crippen LogP contribution >= 0.6 is 0 Å². The predicted octanol–water partition coefficient (Wildman–Crippen LogP) is 3.87. The number of carbonyl (C=O) groups is 2. The number of fused-ring (bicyclic) bond motifs is 2. The van der Waals surface area contributed by atoms with Crippen LogP contribution in [0.5, 0.6) is 0 Å². The Bertz CT molecular complexity index is 1160. The number of nitrogens with zero attached hydrogens (tertiary/aromatic N) is 1. The Labute approximate surface area is 175 Å². The molecule has 1 aliphatic heterocycles. The summed E-state index contributed by atoms with van der Waals surface area (Å²) in [5.74, 6) is -0.255. The van der Waals surface area contributed by atoms with Crippen LogP contribution in [-0.2, 0) is 24.2 Å². The minimum absolute atomic E-state index is 0.249. The molecule has 0 bridgehead atoms. The van der Waals surface area contributed by atoms with Crippen molar-refractivity contribution in [1.29, 1.82) is 0 Å². The maximum Gasteiger partial charge on any atom is 0.274 e. The molecule has 2 N–H and O–H groups in total. The molecule has 3 aromatic carbocycles. The quantitative estimate of drug-likeness (QED) is 0.518. The average Bonchev–Trinajstić information content (AvgIpc) is 3.07. The predicted molar refractivity (Wildman–Crippen MR) is 114 cm³/mol. The van der Waals surface area contributed by atoms with Crippen LogP contribution in [0.25, 0.3) is 10.8 Å². The van der Waals surface area contributed by atoms with Gasteiger partial charge in [0.1, 0.15) is 0 Å². The Morgan fingerprint density at radius 1 is 1.00 bits per heavy atom. The van der Waals surface area contributed by atoms with E-state index in [-0.39, 0.29) is 11.3 Å². The summed E-state index contributed by atoms with van der Waals surface area (Å²) in [5, 5.41) is 11.3. The molecule has 1 atom stereocenters. The third-order valence-corrected chi connectivity index (χ3v) is 6.76. The first-order chi connectivity index (χ1) is 14.6. The lowest BCUT2D eigenvalue weighted by atomic mass is 9.70. The van der Waals surface area contributed by atoms with Gasteiger partial charge in [-0.3, -0.25) is 14.8 Å². The molecule has 1 spiro atoms. The molecule has 1 heterocycles. The zero-order valence-electron chi connectivity index (χ0n) is 16.7. The van der Waals surface area contributed by atoms with Crippen molar-refractivity contribution in [2.24, 2.45) is 5.41 Å². The largest absolute Gasteiger partial charge is 0.338 e. The number of likely N-dealkylation sites (tertiary alicyclic amines) is 1. The van der Waals surface area contributed by atoms with Gasteiger partial charge in [0.15, 0.2) is 0 Å². The van der Waals surface area contributed by atoms with Crippen LogP contribution in [0.3, 0.4) is 0 Å². The molecule has 30 heavy (non-hydrogen) atoms. The third kappa shape index (κ3) is 3.15. The molecule has 1 saturated heterocycles. The first kappa shape index (κ1) is 18.8. The molecular formula is C25H24N2O3. The molecule has 2 amide bonds. The fourth-order valence-corrected chi connectivity index (χ4v) is 5.06. The van der Waals surface area contributed by atoms with Gasteiger partial charge in [-0.15, -0.1) is 0 Å². The molecule has 5 heteroatoms. The SMILES string of the molecule is O=C(NO)c1ccc2c(c1)CCC1(CCN(Cc3ccc4ccccc4c3)C1=O)C2. The summed E-state index contributed by atoms with van der Waals surface area (Å²) in [5.41, 5.74) is 5.20. The van der Waals surface area contributed by atoms with Gasteiger partial charge in [0.05, 0.1) is 5.41 Å². The summed E-state index contributed by atoms with van der Waals surface area (Å²) < 4.78 is 0. The van der Waals surface area contributed by atoms with Crippen LogP contribution in [0.2, 0.25) is 0 Å². The highest BCUT2D eigenvalue weighted by Gasteiger charge is 2.47. The molecule has 0 aromatic heterocycles. The minimum atomic E-state index is -0.503. The van der Waals surface area contributed by atoms with E-state index >= 15 is 0 Å². The number of hydroxylamine groups is 1. The second-order valence-electron chi connectivity index (χ2n) is 8.54.